The fourth-order valence-corrected chi connectivity index (χ4v) is 2.27. The number of nitrogens with zero attached hydrogens (tertiary/aromatic N) is 2. The molecule has 18 heavy (non-hydrogen) atoms. The van der Waals surface area contributed by atoms with Gasteiger partial charge in [-0.2, -0.15) is 5.26 Å². The van der Waals surface area contributed by atoms with Gasteiger partial charge >= 0.3 is 0 Å². The van der Waals surface area contributed by atoms with E-state index in [1.165, 1.54) is 0 Å². The lowest BCUT2D eigenvalue weighted by Gasteiger charge is -2.37. The average molecular weight is 244 g/mol. The summed E-state index contributed by atoms with van der Waals surface area (Å²) in [6, 6.07) is 7.03. The monoisotopic (exact) mass is 244 g/mol. The first-order chi connectivity index (χ1) is 8.67. The minimum absolute atomic E-state index is 0.0190. The standard InChI is InChI=1S/C13H16N4O/c1-2-11-13(18)16-5-6-17(11)12-7-9(8-14)3-4-10(12)15/h3-4,7,11H,2,5-6,15H2,1H3,(H,16,18). The average Bonchev–Trinajstić information content (AvgIpc) is 2.39. The van der Waals surface area contributed by atoms with E-state index < -0.39 is 0 Å². The molecular formula is C13H16N4O. The predicted octanol–water partition coefficient (Wildman–Crippen LogP) is 0.855. The maximum absolute atomic E-state index is 11.8. The maximum Gasteiger partial charge on any atom is 0.242 e. The minimum Gasteiger partial charge on any atom is -0.397 e. The first-order valence-electron chi connectivity index (χ1n) is 6.01. The molecule has 5 heteroatoms. The summed E-state index contributed by atoms with van der Waals surface area (Å²) < 4.78 is 0. The van der Waals surface area contributed by atoms with E-state index in [1.807, 2.05) is 11.8 Å². The van der Waals surface area contributed by atoms with Gasteiger partial charge in [-0.3, -0.25) is 4.79 Å². The number of nitrogens with two attached hydrogens (primary N) is 1. The van der Waals surface area contributed by atoms with Crippen molar-refractivity contribution >= 4 is 17.3 Å². The number of benzene rings is 1. The van der Waals surface area contributed by atoms with E-state index in [4.69, 9.17) is 11.0 Å². The summed E-state index contributed by atoms with van der Waals surface area (Å²) in [5.74, 6) is 0.0190. The topological polar surface area (TPSA) is 82.2 Å². The Morgan fingerprint density at radius 2 is 2.39 bits per heavy atom. The maximum atomic E-state index is 11.8. The van der Waals surface area contributed by atoms with Crippen molar-refractivity contribution in [1.29, 1.82) is 5.26 Å². The van der Waals surface area contributed by atoms with E-state index in [2.05, 4.69) is 11.4 Å². The second kappa shape index (κ2) is 4.96. The van der Waals surface area contributed by atoms with Crippen LogP contribution in [0.25, 0.3) is 0 Å². The molecule has 1 aromatic carbocycles. The number of nitrogen functional groups attached to an aromatic ring is 1. The van der Waals surface area contributed by atoms with Gasteiger partial charge in [0.2, 0.25) is 5.91 Å². The van der Waals surface area contributed by atoms with E-state index in [9.17, 15) is 4.79 Å². The molecule has 1 aliphatic heterocycles. The van der Waals surface area contributed by atoms with Gasteiger partial charge in [-0.25, -0.2) is 0 Å². The van der Waals surface area contributed by atoms with Crippen molar-refractivity contribution in [3.8, 4) is 6.07 Å². The number of nitrogens with one attached hydrogen (secondary N) is 1. The molecule has 5 nitrogen and oxygen atoms in total. The Bertz CT molecular complexity index is 506. The zero-order chi connectivity index (χ0) is 13.1. The third kappa shape index (κ3) is 2.09. The molecule has 1 amide bonds. The molecule has 0 radical (unpaired) electrons. The summed E-state index contributed by atoms with van der Waals surface area (Å²) in [6.07, 6.45) is 0.710. The second-order valence-corrected chi connectivity index (χ2v) is 4.29. The van der Waals surface area contributed by atoms with Crippen LogP contribution in [-0.2, 0) is 4.79 Å². The van der Waals surface area contributed by atoms with Crippen molar-refractivity contribution in [3.63, 3.8) is 0 Å². The van der Waals surface area contributed by atoms with E-state index in [1.54, 1.807) is 18.2 Å². The SMILES string of the molecule is CCC1C(=O)NCCN1c1cc(C#N)ccc1N. The normalized spacial score (nSPS) is 19.2. The Morgan fingerprint density at radius 3 is 3.06 bits per heavy atom. The lowest BCUT2D eigenvalue weighted by atomic mass is 10.1. The van der Waals surface area contributed by atoms with Gasteiger partial charge in [0, 0.05) is 13.1 Å². The Morgan fingerprint density at radius 1 is 1.61 bits per heavy atom. The van der Waals surface area contributed by atoms with Gasteiger partial charge in [0.25, 0.3) is 0 Å². The van der Waals surface area contributed by atoms with Crippen molar-refractivity contribution in [2.45, 2.75) is 19.4 Å². The van der Waals surface area contributed by atoms with Crippen LogP contribution in [0.1, 0.15) is 18.9 Å². The van der Waals surface area contributed by atoms with Gasteiger partial charge < -0.3 is 16.0 Å². The van der Waals surface area contributed by atoms with Crippen LogP contribution in [0, 0.1) is 11.3 Å². The molecule has 0 spiro atoms. The summed E-state index contributed by atoms with van der Waals surface area (Å²) >= 11 is 0. The fourth-order valence-electron chi connectivity index (χ4n) is 2.27. The van der Waals surface area contributed by atoms with E-state index in [0.29, 0.717) is 30.8 Å². The summed E-state index contributed by atoms with van der Waals surface area (Å²) in [5, 5.41) is 11.8. The Hall–Kier alpha value is -2.22. The molecule has 1 unspecified atom stereocenters. The highest BCUT2D eigenvalue weighted by atomic mass is 16.2. The third-order valence-electron chi connectivity index (χ3n) is 3.19. The van der Waals surface area contributed by atoms with Crippen LogP contribution < -0.4 is 16.0 Å². The fraction of sp³-hybridized carbons (Fsp3) is 0.385. The van der Waals surface area contributed by atoms with Crippen LogP contribution in [0.4, 0.5) is 11.4 Å². The molecule has 94 valence electrons. The molecule has 1 saturated heterocycles. The lowest BCUT2D eigenvalue weighted by Crippen LogP contribution is -2.55. The number of nitriles is 1. The molecular weight excluding hydrogens is 228 g/mol. The van der Waals surface area contributed by atoms with Gasteiger partial charge in [-0.15, -0.1) is 0 Å². The molecule has 0 saturated carbocycles. The van der Waals surface area contributed by atoms with Gasteiger partial charge in [-0.1, -0.05) is 6.92 Å². The van der Waals surface area contributed by atoms with Crippen LogP contribution in [0.2, 0.25) is 0 Å². The molecule has 0 bridgehead atoms. The molecule has 0 aliphatic carbocycles. The molecule has 2 rings (SSSR count). The number of piperazine rings is 1. The van der Waals surface area contributed by atoms with Crippen molar-refractivity contribution in [1.82, 2.24) is 5.32 Å². The number of amides is 1. The molecule has 1 aromatic rings. The quantitative estimate of drug-likeness (QED) is 0.756. The first-order valence-corrected chi connectivity index (χ1v) is 6.01. The minimum atomic E-state index is -0.213. The van der Waals surface area contributed by atoms with Crippen LogP contribution in [0.3, 0.4) is 0 Å². The number of anilines is 2. The van der Waals surface area contributed by atoms with Gasteiger partial charge in [0.05, 0.1) is 23.0 Å². The molecule has 1 atom stereocenters. The number of rotatable bonds is 2. The highest BCUT2D eigenvalue weighted by molar-refractivity contribution is 5.88. The van der Waals surface area contributed by atoms with Crippen molar-refractivity contribution in [3.05, 3.63) is 23.8 Å². The number of hydrogen-bond donors (Lipinski definition) is 2. The first kappa shape index (κ1) is 12.2. The van der Waals surface area contributed by atoms with Gasteiger partial charge in [0.1, 0.15) is 6.04 Å². The lowest BCUT2D eigenvalue weighted by molar-refractivity contribution is -0.123. The zero-order valence-corrected chi connectivity index (χ0v) is 10.3. The Labute approximate surface area is 106 Å². The summed E-state index contributed by atoms with van der Waals surface area (Å²) in [6.45, 7) is 3.28. The van der Waals surface area contributed by atoms with Crippen molar-refractivity contribution < 1.29 is 4.79 Å². The molecule has 1 aliphatic rings. The smallest absolute Gasteiger partial charge is 0.242 e. The van der Waals surface area contributed by atoms with Crippen LogP contribution in [0.5, 0.6) is 0 Å². The second-order valence-electron chi connectivity index (χ2n) is 4.29. The van der Waals surface area contributed by atoms with E-state index in [0.717, 1.165) is 5.69 Å². The Kier molecular flexibility index (Phi) is 3.38. The molecule has 0 aromatic heterocycles. The highest BCUT2D eigenvalue weighted by Crippen LogP contribution is 2.28. The van der Waals surface area contributed by atoms with E-state index >= 15 is 0 Å². The summed E-state index contributed by atoms with van der Waals surface area (Å²) in [5.41, 5.74) is 7.88. The molecule has 3 N–H and O–H groups in total. The van der Waals surface area contributed by atoms with Crippen molar-refractivity contribution in [2.75, 3.05) is 23.7 Å². The van der Waals surface area contributed by atoms with Gasteiger partial charge in [-0.05, 0) is 24.6 Å². The summed E-state index contributed by atoms with van der Waals surface area (Å²) in [7, 11) is 0. The number of hydrogen-bond acceptors (Lipinski definition) is 4. The predicted molar refractivity (Wildman–Crippen MR) is 70.0 cm³/mol. The summed E-state index contributed by atoms with van der Waals surface area (Å²) in [4.78, 5) is 13.8. The number of carbonyl (C=O) groups excluding carboxylic acids is 1. The molecule has 1 fully saturated rings. The van der Waals surface area contributed by atoms with Crippen LogP contribution in [0.15, 0.2) is 18.2 Å². The Balaban J connectivity index is 2.40. The third-order valence-corrected chi connectivity index (χ3v) is 3.19. The zero-order valence-electron chi connectivity index (χ0n) is 10.3. The largest absolute Gasteiger partial charge is 0.397 e. The van der Waals surface area contributed by atoms with Crippen LogP contribution in [-0.4, -0.2) is 25.0 Å². The van der Waals surface area contributed by atoms with Crippen molar-refractivity contribution in [2.24, 2.45) is 0 Å². The van der Waals surface area contributed by atoms with Gasteiger partial charge in [0.15, 0.2) is 0 Å². The highest BCUT2D eigenvalue weighted by Gasteiger charge is 2.29. The number of carbonyl (C=O) groups is 1. The molecule has 1 heterocycles. The van der Waals surface area contributed by atoms with E-state index in [-0.39, 0.29) is 11.9 Å². The van der Waals surface area contributed by atoms with Crippen LogP contribution >= 0.6 is 0 Å².